The number of imidazole rings is 1. The van der Waals surface area contributed by atoms with Crippen molar-refractivity contribution in [3.05, 3.63) is 35.5 Å². The molecule has 28 heavy (non-hydrogen) atoms. The molecule has 2 aromatic rings. The van der Waals surface area contributed by atoms with Gasteiger partial charge in [-0.2, -0.15) is 0 Å². The summed E-state index contributed by atoms with van der Waals surface area (Å²) in [5, 5.41) is 6.25. The molecule has 1 aromatic carbocycles. The van der Waals surface area contributed by atoms with E-state index < -0.39 is 12.0 Å². The molecule has 0 saturated carbocycles. The van der Waals surface area contributed by atoms with Crippen LogP contribution in [0.4, 0.5) is 4.79 Å². The molecule has 2 N–H and O–H groups in total. The number of carbonyl (C=O) groups excluding carboxylic acids is 2. The van der Waals surface area contributed by atoms with Gasteiger partial charge in [0.15, 0.2) is 5.16 Å². The second-order valence-corrected chi connectivity index (χ2v) is 7.19. The summed E-state index contributed by atoms with van der Waals surface area (Å²) in [5.41, 5.74) is 2.89. The highest BCUT2D eigenvalue weighted by Crippen LogP contribution is 2.27. The summed E-state index contributed by atoms with van der Waals surface area (Å²) in [6, 6.07) is 7.14. The lowest BCUT2D eigenvalue weighted by atomic mass is 10.1. The standard InChI is InChI=1S/C19H24N4O4S/c1-4-27-17(24)16-12(2)20-18(25)21-14(16)11-28-19-22-13-7-5-6-8-15(13)23(19)9-10-26-3/h5-8,12H,4,9-11H2,1-3H3,(H2,20,21,25)/t12-/m1/s1. The predicted molar refractivity (Wildman–Crippen MR) is 107 cm³/mol. The molecule has 0 unspecified atom stereocenters. The number of para-hydroxylation sites is 2. The smallest absolute Gasteiger partial charge is 0.337 e. The molecule has 2 amide bonds. The molecule has 0 aliphatic carbocycles. The van der Waals surface area contributed by atoms with Crippen molar-refractivity contribution >= 4 is 34.8 Å². The number of ether oxygens (including phenoxy) is 2. The van der Waals surface area contributed by atoms with Crippen LogP contribution in [0.3, 0.4) is 0 Å². The van der Waals surface area contributed by atoms with Gasteiger partial charge in [0.25, 0.3) is 0 Å². The topological polar surface area (TPSA) is 94.5 Å². The highest BCUT2D eigenvalue weighted by Gasteiger charge is 2.30. The zero-order chi connectivity index (χ0) is 20.1. The Morgan fingerprint density at radius 1 is 1.36 bits per heavy atom. The highest BCUT2D eigenvalue weighted by molar-refractivity contribution is 7.99. The number of benzene rings is 1. The number of nitrogens with one attached hydrogen (secondary N) is 2. The summed E-state index contributed by atoms with van der Waals surface area (Å²) < 4.78 is 12.5. The zero-order valence-electron chi connectivity index (χ0n) is 16.2. The summed E-state index contributed by atoms with van der Waals surface area (Å²) in [7, 11) is 1.66. The van der Waals surface area contributed by atoms with E-state index in [9.17, 15) is 9.59 Å². The molecular formula is C19H24N4O4S. The van der Waals surface area contributed by atoms with E-state index >= 15 is 0 Å². The Bertz CT molecular complexity index is 908. The van der Waals surface area contributed by atoms with Crippen LogP contribution in [0, 0.1) is 0 Å². The first kappa shape index (κ1) is 20.2. The van der Waals surface area contributed by atoms with E-state index in [1.807, 2.05) is 24.3 Å². The van der Waals surface area contributed by atoms with Crippen LogP contribution in [-0.4, -0.2) is 53.7 Å². The number of aromatic nitrogens is 2. The number of nitrogens with zero attached hydrogens (tertiary/aromatic N) is 2. The third-order valence-corrected chi connectivity index (χ3v) is 5.35. The van der Waals surface area contributed by atoms with E-state index in [1.165, 1.54) is 11.8 Å². The molecule has 0 saturated heterocycles. The van der Waals surface area contributed by atoms with E-state index in [2.05, 4.69) is 15.2 Å². The molecule has 0 fully saturated rings. The van der Waals surface area contributed by atoms with Crippen molar-refractivity contribution in [2.24, 2.45) is 0 Å². The lowest BCUT2D eigenvalue weighted by molar-refractivity contribution is -0.138. The average Bonchev–Trinajstić information content (AvgIpc) is 3.01. The van der Waals surface area contributed by atoms with E-state index in [0.717, 1.165) is 16.2 Å². The Labute approximate surface area is 167 Å². The number of hydrogen-bond donors (Lipinski definition) is 2. The first-order valence-electron chi connectivity index (χ1n) is 9.09. The monoisotopic (exact) mass is 404 g/mol. The van der Waals surface area contributed by atoms with E-state index in [0.29, 0.717) is 30.2 Å². The van der Waals surface area contributed by atoms with Gasteiger partial charge >= 0.3 is 12.0 Å². The van der Waals surface area contributed by atoms with Crippen LogP contribution in [0.15, 0.2) is 40.7 Å². The normalized spacial score (nSPS) is 16.8. The van der Waals surface area contributed by atoms with Gasteiger partial charge < -0.3 is 24.7 Å². The van der Waals surface area contributed by atoms with Crippen LogP contribution in [-0.2, 0) is 20.8 Å². The molecule has 150 valence electrons. The molecule has 3 rings (SSSR count). The largest absolute Gasteiger partial charge is 0.463 e. The van der Waals surface area contributed by atoms with Crippen molar-refractivity contribution in [1.82, 2.24) is 20.2 Å². The van der Waals surface area contributed by atoms with Crippen LogP contribution in [0.5, 0.6) is 0 Å². The molecule has 9 heteroatoms. The fourth-order valence-electron chi connectivity index (χ4n) is 3.09. The molecule has 1 aliphatic rings. The van der Waals surface area contributed by atoms with Crippen LogP contribution in [0.25, 0.3) is 11.0 Å². The highest BCUT2D eigenvalue weighted by atomic mass is 32.2. The van der Waals surface area contributed by atoms with Crippen molar-refractivity contribution in [2.75, 3.05) is 26.1 Å². The second-order valence-electron chi connectivity index (χ2n) is 6.25. The Balaban J connectivity index is 1.89. The second kappa shape index (κ2) is 9.11. The van der Waals surface area contributed by atoms with Crippen molar-refractivity contribution < 1.29 is 19.1 Å². The molecule has 0 spiro atoms. The van der Waals surface area contributed by atoms with Crippen LogP contribution < -0.4 is 10.6 Å². The number of thioether (sulfide) groups is 1. The van der Waals surface area contributed by atoms with Gasteiger partial charge in [0, 0.05) is 25.1 Å². The van der Waals surface area contributed by atoms with Gasteiger partial charge in [0.2, 0.25) is 0 Å². The Morgan fingerprint density at radius 3 is 2.89 bits per heavy atom. The van der Waals surface area contributed by atoms with Gasteiger partial charge in [-0.15, -0.1) is 0 Å². The van der Waals surface area contributed by atoms with E-state index in [4.69, 9.17) is 14.5 Å². The lowest BCUT2D eigenvalue weighted by Crippen LogP contribution is -2.49. The molecule has 0 radical (unpaired) electrons. The number of hydrogen-bond acceptors (Lipinski definition) is 6. The van der Waals surface area contributed by atoms with Gasteiger partial charge in [0.05, 0.1) is 35.9 Å². The van der Waals surface area contributed by atoms with Crippen molar-refractivity contribution in [3.63, 3.8) is 0 Å². The minimum absolute atomic E-state index is 0.274. The lowest BCUT2D eigenvalue weighted by Gasteiger charge is -2.26. The number of urea groups is 1. The average molecular weight is 404 g/mol. The minimum Gasteiger partial charge on any atom is -0.463 e. The maximum atomic E-state index is 12.4. The summed E-state index contributed by atoms with van der Waals surface area (Å²) in [4.78, 5) is 29.0. The first-order valence-corrected chi connectivity index (χ1v) is 10.1. The first-order chi connectivity index (χ1) is 13.5. The maximum Gasteiger partial charge on any atom is 0.337 e. The van der Waals surface area contributed by atoms with Gasteiger partial charge in [-0.05, 0) is 26.0 Å². The quantitative estimate of drug-likeness (QED) is 0.518. The van der Waals surface area contributed by atoms with E-state index in [-0.39, 0.29) is 12.6 Å². The fourth-order valence-corrected chi connectivity index (χ4v) is 4.10. The van der Waals surface area contributed by atoms with Crippen LogP contribution >= 0.6 is 11.8 Å². The molecular weight excluding hydrogens is 380 g/mol. The van der Waals surface area contributed by atoms with Crippen molar-refractivity contribution in [1.29, 1.82) is 0 Å². The van der Waals surface area contributed by atoms with Crippen LogP contribution in [0.2, 0.25) is 0 Å². The molecule has 2 heterocycles. The SMILES string of the molecule is CCOC(=O)C1=C(CSc2nc3ccccc3n2CCOC)NC(=O)N[C@@H]1C. The van der Waals surface area contributed by atoms with Gasteiger partial charge in [0.1, 0.15) is 0 Å². The van der Waals surface area contributed by atoms with Gasteiger partial charge in [-0.25, -0.2) is 14.6 Å². The predicted octanol–water partition coefficient (Wildman–Crippen LogP) is 2.29. The van der Waals surface area contributed by atoms with Gasteiger partial charge in [-0.3, -0.25) is 0 Å². The van der Waals surface area contributed by atoms with Gasteiger partial charge in [-0.1, -0.05) is 23.9 Å². The Kier molecular flexibility index (Phi) is 6.58. The molecule has 0 bridgehead atoms. The Morgan fingerprint density at radius 2 is 2.14 bits per heavy atom. The molecule has 8 nitrogen and oxygen atoms in total. The van der Waals surface area contributed by atoms with E-state index in [1.54, 1.807) is 21.0 Å². The Hall–Kier alpha value is -2.52. The van der Waals surface area contributed by atoms with Crippen molar-refractivity contribution in [2.45, 2.75) is 31.6 Å². The molecule has 1 aromatic heterocycles. The number of fused-ring (bicyclic) bond motifs is 1. The third-order valence-electron chi connectivity index (χ3n) is 4.35. The summed E-state index contributed by atoms with van der Waals surface area (Å²) in [5.74, 6) is -0.0339. The summed E-state index contributed by atoms with van der Waals surface area (Å²) >= 11 is 1.46. The zero-order valence-corrected chi connectivity index (χ0v) is 17.0. The number of esters is 1. The maximum absolute atomic E-state index is 12.4. The molecule has 1 aliphatic heterocycles. The number of methoxy groups -OCH3 is 1. The summed E-state index contributed by atoms with van der Waals surface area (Å²) in [6.45, 7) is 5.01. The molecule has 1 atom stereocenters. The van der Waals surface area contributed by atoms with Crippen LogP contribution in [0.1, 0.15) is 13.8 Å². The third kappa shape index (κ3) is 4.31. The minimum atomic E-state index is -0.425. The number of carbonyl (C=O) groups is 2. The van der Waals surface area contributed by atoms with Crippen molar-refractivity contribution in [3.8, 4) is 0 Å². The fraction of sp³-hybridized carbons (Fsp3) is 0.421. The number of rotatable bonds is 8. The summed E-state index contributed by atoms with van der Waals surface area (Å²) in [6.07, 6.45) is 0. The number of amides is 2.